The number of aromatic nitrogens is 2. The van der Waals surface area contributed by atoms with Gasteiger partial charge in [0.1, 0.15) is 0 Å². The minimum Gasteiger partial charge on any atom is -0.329 e. The Morgan fingerprint density at radius 2 is 2.67 bits per heavy atom. The van der Waals surface area contributed by atoms with Gasteiger partial charge in [0.2, 0.25) is 0 Å². The van der Waals surface area contributed by atoms with Crippen molar-refractivity contribution in [1.29, 1.82) is 0 Å². The predicted molar refractivity (Wildman–Crippen MR) is 47.8 cm³/mol. The molecule has 1 aromatic rings. The summed E-state index contributed by atoms with van der Waals surface area (Å²) in [7, 11) is 0. The Morgan fingerprint density at radius 3 is 3.50 bits per heavy atom. The second-order valence-corrected chi connectivity index (χ2v) is 3.01. The van der Waals surface area contributed by atoms with Crippen molar-refractivity contribution in [3.63, 3.8) is 0 Å². The molecule has 1 aromatic heterocycles. The van der Waals surface area contributed by atoms with Crippen molar-refractivity contribution in [3.05, 3.63) is 30.4 Å². The van der Waals surface area contributed by atoms with Crippen molar-refractivity contribution < 1.29 is 0 Å². The molecule has 2 rings (SSSR count). The molecule has 1 aliphatic heterocycles. The Morgan fingerprint density at radius 1 is 1.75 bits per heavy atom. The van der Waals surface area contributed by atoms with Crippen LogP contribution in [-0.4, -0.2) is 16.1 Å². The molecule has 0 unspecified atom stereocenters. The molecule has 0 atom stereocenters. The summed E-state index contributed by atoms with van der Waals surface area (Å²) in [6.07, 6.45) is 4.86. The molecule has 64 valence electrons. The van der Waals surface area contributed by atoms with E-state index < -0.39 is 0 Å². The van der Waals surface area contributed by atoms with Crippen LogP contribution in [-0.2, 0) is 19.5 Å². The standard InChI is InChI=1S/C9H13N3/c1-2-5-12-7-11-8-3-4-10-6-9(8)12/h2,7,10H,1,3-6H2. The molecule has 0 spiro atoms. The average Bonchev–Trinajstić information content (AvgIpc) is 2.50. The van der Waals surface area contributed by atoms with Crippen LogP contribution in [0.3, 0.4) is 0 Å². The van der Waals surface area contributed by atoms with Crippen molar-refractivity contribution in [1.82, 2.24) is 14.9 Å². The summed E-state index contributed by atoms with van der Waals surface area (Å²) < 4.78 is 2.15. The molecule has 0 saturated carbocycles. The van der Waals surface area contributed by atoms with E-state index in [4.69, 9.17) is 0 Å². The van der Waals surface area contributed by atoms with Gasteiger partial charge >= 0.3 is 0 Å². The van der Waals surface area contributed by atoms with Crippen molar-refractivity contribution in [2.24, 2.45) is 0 Å². The molecule has 3 heteroatoms. The first kappa shape index (κ1) is 7.55. The van der Waals surface area contributed by atoms with E-state index >= 15 is 0 Å². The third kappa shape index (κ3) is 1.16. The van der Waals surface area contributed by atoms with Gasteiger partial charge in [-0.25, -0.2) is 4.98 Å². The van der Waals surface area contributed by atoms with Gasteiger partial charge in [-0.1, -0.05) is 6.08 Å². The van der Waals surface area contributed by atoms with Crippen LogP contribution < -0.4 is 5.32 Å². The molecule has 0 bridgehead atoms. The summed E-state index contributed by atoms with van der Waals surface area (Å²) in [6, 6.07) is 0. The highest BCUT2D eigenvalue weighted by atomic mass is 15.1. The Kier molecular flexibility index (Phi) is 1.96. The molecule has 1 aliphatic rings. The first-order valence-electron chi connectivity index (χ1n) is 4.26. The Bertz CT molecular complexity index is 288. The number of hydrogen-bond donors (Lipinski definition) is 1. The molecular weight excluding hydrogens is 150 g/mol. The quantitative estimate of drug-likeness (QED) is 0.651. The molecular formula is C9H13N3. The van der Waals surface area contributed by atoms with Crippen molar-refractivity contribution in [3.8, 4) is 0 Å². The van der Waals surface area contributed by atoms with E-state index in [1.807, 2.05) is 12.4 Å². The third-order valence-corrected chi connectivity index (χ3v) is 2.19. The highest BCUT2D eigenvalue weighted by molar-refractivity contribution is 5.16. The fraction of sp³-hybridized carbons (Fsp3) is 0.444. The van der Waals surface area contributed by atoms with Crippen LogP contribution >= 0.6 is 0 Å². The zero-order chi connectivity index (χ0) is 8.39. The number of nitrogens with zero attached hydrogens (tertiary/aromatic N) is 2. The number of fused-ring (bicyclic) bond motifs is 1. The lowest BCUT2D eigenvalue weighted by atomic mass is 10.2. The Hall–Kier alpha value is -1.09. The van der Waals surface area contributed by atoms with E-state index in [1.165, 1.54) is 11.4 Å². The Balaban J connectivity index is 2.31. The van der Waals surface area contributed by atoms with Gasteiger partial charge in [0.05, 0.1) is 17.7 Å². The van der Waals surface area contributed by atoms with E-state index in [2.05, 4.69) is 21.4 Å². The van der Waals surface area contributed by atoms with Crippen LogP contribution in [0.4, 0.5) is 0 Å². The fourth-order valence-electron chi connectivity index (χ4n) is 1.57. The molecule has 0 amide bonds. The zero-order valence-corrected chi connectivity index (χ0v) is 7.08. The van der Waals surface area contributed by atoms with E-state index in [0.717, 1.165) is 26.1 Å². The van der Waals surface area contributed by atoms with Crippen LogP contribution in [0.1, 0.15) is 11.4 Å². The Labute approximate surface area is 72.1 Å². The summed E-state index contributed by atoms with van der Waals surface area (Å²) in [5, 5.41) is 3.33. The maximum atomic E-state index is 4.35. The van der Waals surface area contributed by atoms with Crippen molar-refractivity contribution >= 4 is 0 Å². The van der Waals surface area contributed by atoms with Gasteiger partial charge in [0.15, 0.2) is 0 Å². The van der Waals surface area contributed by atoms with E-state index in [1.54, 1.807) is 0 Å². The predicted octanol–water partition coefficient (Wildman–Crippen LogP) is 0.715. The zero-order valence-electron chi connectivity index (χ0n) is 7.08. The van der Waals surface area contributed by atoms with Crippen molar-refractivity contribution in [2.75, 3.05) is 6.54 Å². The second kappa shape index (κ2) is 3.11. The summed E-state index contributed by atoms with van der Waals surface area (Å²) in [5.41, 5.74) is 2.57. The minimum atomic E-state index is 0.865. The summed E-state index contributed by atoms with van der Waals surface area (Å²) in [6.45, 7) is 6.58. The second-order valence-electron chi connectivity index (χ2n) is 3.01. The van der Waals surface area contributed by atoms with Gasteiger partial charge in [-0.3, -0.25) is 0 Å². The van der Waals surface area contributed by atoms with Gasteiger partial charge in [0.25, 0.3) is 0 Å². The van der Waals surface area contributed by atoms with Gasteiger partial charge in [0, 0.05) is 26.1 Å². The monoisotopic (exact) mass is 163 g/mol. The number of hydrogen-bond acceptors (Lipinski definition) is 2. The lowest BCUT2D eigenvalue weighted by Gasteiger charge is -2.14. The van der Waals surface area contributed by atoms with Gasteiger partial charge in [-0.05, 0) is 0 Å². The SMILES string of the molecule is C=CCn1cnc2c1CNCC2. The van der Waals surface area contributed by atoms with Gasteiger partial charge in [-0.2, -0.15) is 0 Å². The van der Waals surface area contributed by atoms with E-state index in [0.29, 0.717) is 0 Å². The number of rotatable bonds is 2. The van der Waals surface area contributed by atoms with E-state index in [-0.39, 0.29) is 0 Å². The van der Waals surface area contributed by atoms with Crippen LogP contribution in [0.2, 0.25) is 0 Å². The first-order valence-corrected chi connectivity index (χ1v) is 4.26. The number of nitrogens with one attached hydrogen (secondary N) is 1. The smallest absolute Gasteiger partial charge is 0.0955 e. The fourth-order valence-corrected chi connectivity index (χ4v) is 1.57. The third-order valence-electron chi connectivity index (χ3n) is 2.19. The minimum absolute atomic E-state index is 0.865. The highest BCUT2D eigenvalue weighted by Gasteiger charge is 2.13. The molecule has 3 nitrogen and oxygen atoms in total. The maximum Gasteiger partial charge on any atom is 0.0955 e. The molecule has 1 N–H and O–H groups in total. The highest BCUT2D eigenvalue weighted by Crippen LogP contribution is 2.11. The van der Waals surface area contributed by atoms with E-state index in [9.17, 15) is 0 Å². The molecule has 0 saturated heterocycles. The molecule has 0 radical (unpaired) electrons. The maximum absolute atomic E-state index is 4.35. The lowest BCUT2D eigenvalue weighted by molar-refractivity contribution is 0.597. The normalized spacial score (nSPS) is 15.7. The number of imidazole rings is 1. The van der Waals surface area contributed by atoms with Crippen LogP contribution in [0.25, 0.3) is 0 Å². The molecule has 2 heterocycles. The van der Waals surface area contributed by atoms with Crippen LogP contribution in [0.5, 0.6) is 0 Å². The molecule has 0 aromatic carbocycles. The lowest BCUT2D eigenvalue weighted by Crippen LogP contribution is -2.25. The average molecular weight is 163 g/mol. The topological polar surface area (TPSA) is 29.9 Å². The number of allylic oxidation sites excluding steroid dienone is 1. The molecule has 12 heavy (non-hydrogen) atoms. The summed E-state index contributed by atoms with van der Waals surface area (Å²) in [5.74, 6) is 0. The summed E-state index contributed by atoms with van der Waals surface area (Å²) in [4.78, 5) is 4.35. The first-order chi connectivity index (χ1) is 5.92. The van der Waals surface area contributed by atoms with Crippen LogP contribution in [0.15, 0.2) is 19.0 Å². The summed E-state index contributed by atoms with van der Waals surface area (Å²) >= 11 is 0. The van der Waals surface area contributed by atoms with Crippen molar-refractivity contribution in [2.45, 2.75) is 19.5 Å². The molecule has 0 aliphatic carbocycles. The van der Waals surface area contributed by atoms with Gasteiger partial charge in [-0.15, -0.1) is 6.58 Å². The molecule has 0 fully saturated rings. The van der Waals surface area contributed by atoms with Gasteiger partial charge < -0.3 is 9.88 Å². The van der Waals surface area contributed by atoms with Crippen LogP contribution in [0, 0.1) is 0 Å². The largest absolute Gasteiger partial charge is 0.329 e.